The van der Waals surface area contributed by atoms with Crippen LogP contribution in [0.1, 0.15) is 54.9 Å². The molecule has 0 aliphatic heterocycles. The minimum absolute atomic E-state index is 0.0333. The lowest BCUT2D eigenvalue weighted by Gasteiger charge is -2.11. The summed E-state index contributed by atoms with van der Waals surface area (Å²) >= 11 is 0. The Morgan fingerprint density at radius 1 is 0.789 bits per heavy atom. The maximum Gasteiger partial charge on any atom is 0.416 e. The zero-order valence-corrected chi connectivity index (χ0v) is 21.2. The van der Waals surface area contributed by atoms with Gasteiger partial charge in [-0.15, -0.1) is 0 Å². The number of carbonyl (C=O) groups is 2. The van der Waals surface area contributed by atoms with Crippen molar-refractivity contribution in [2.45, 2.75) is 45.2 Å². The van der Waals surface area contributed by atoms with E-state index in [1.807, 2.05) is 12.1 Å². The van der Waals surface area contributed by atoms with Crippen LogP contribution in [0.2, 0.25) is 0 Å². The molecule has 0 fully saturated rings. The van der Waals surface area contributed by atoms with Crippen LogP contribution in [0.5, 0.6) is 5.75 Å². The van der Waals surface area contributed by atoms with E-state index in [0.717, 1.165) is 30.7 Å². The number of rotatable bonds is 13. The molecule has 2 amide bonds. The van der Waals surface area contributed by atoms with Crippen molar-refractivity contribution in [2.24, 2.45) is 0 Å². The molecule has 38 heavy (non-hydrogen) atoms. The van der Waals surface area contributed by atoms with E-state index >= 15 is 0 Å². The predicted molar refractivity (Wildman–Crippen MR) is 144 cm³/mol. The van der Waals surface area contributed by atoms with Gasteiger partial charge in [0.2, 0.25) is 5.91 Å². The summed E-state index contributed by atoms with van der Waals surface area (Å²) in [7, 11) is 0. The van der Waals surface area contributed by atoms with Gasteiger partial charge in [0.15, 0.2) is 0 Å². The first kappa shape index (κ1) is 28.6. The molecule has 0 radical (unpaired) electrons. The quantitative estimate of drug-likeness (QED) is 0.203. The maximum atomic E-state index is 12.9. The van der Waals surface area contributed by atoms with Crippen LogP contribution >= 0.6 is 0 Å². The Bertz CT molecular complexity index is 1200. The molecule has 0 aliphatic carbocycles. The highest BCUT2D eigenvalue weighted by molar-refractivity contribution is 6.05. The SMILES string of the molecule is CCCCCCCOc1ccc(NC(=O)CNc2cccc(C(=O)Nc3cccc(C(F)(F)F)c3)c2)cc1. The van der Waals surface area contributed by atoms with Crippen molar-refractivity contribution >= 4 is 28.9 Å². The Hall–Kier alpha value is -4.01. The van der Waals surface area contributed by atoms with Crippen molar-refractivity contribution in [3.8, 4) is 5.75 Å². The molecular formula is C29H32F3N3O3. The molecule has 0 saturated carbocycles. The minimum atomic E-state index is -4.51. The fraction of sp³-hybridized carbons (Fsp3) is 0.310. The Morgan fingerprint density at radius 3 is 2.24 bits per heavy atom. The molecular weight excluding hydrogens is 495 g/mol. The van der Waals surface area contributed by atoms with E-state index in [9.17, 15) is 22.8 Å². The summed E-state index contributed by atoms with van der Waals surface area (Å²) in [6, 6.07) is 17.9. The number of anilines is 3. The number of benzene rings is 3. The molecule has 9 heteroatoms. The number of alkyl halides is 3. The lowest BCUT2D eigenvalue weighted by atomic mass is 10.1. The summed E-state index contributed by atoms with van der Waals surface area (Å²) in [5, 5.41) is 8.20. The number of unbranched alkanes of at least 4 members (excludes halogenated alkanes) is 4. The third kappa shape index (κ3) is 9.46. The fourth-order valence-corrected chi connectivity index (χ4v) is 3.66. The van der Waals surface area contributed by atoms with Crippen molar-refractivity contribution < 1.29 is 27.5 Å². The van der Waals surface area contributed by atoms with E-state index in [1.54, 1.807) is 24.3 Å². The molecule has 0 aromatic heterocycles. The van der Waals surface area contributed by atoms with E-state index in [1.165, 1.54) is 43.5 Å². The molecule has 0 heterocycles. The van der Waals surface area contributed by atoms with Gasteiger partial charge in [0.25, 0.3) is 5.91 Å². The van der Waals surface area contributed by atoms with Crippen LogP contribution in [-0.2, 0) is 11.0 Å². The summed E-state index contributed by atoms with van der Waals surface area (Å²) in [4.78, 5) is 24.9. The molecule has 3 aromatic carbocycles. The summed E-state index contributed by atoms with van der Waals surface area (Å²) in [5.41, 5.74) is 0.553. The number of carbonyl (C=O) groups excluding carboxylic acids is 2. The molecule has 3 aromatic rings. The van der Waals surface area contributed by atoms with Gasteiger partial charge in [-0.2, -0.15) is 13.2 Å². The van der Waals surface area contributed by atoms with Gasteiger partial charge < -0.3 is 20.7 Å². The Kier molecular flexibility index (Phi) is 10.6. The number of hydrogen-bond acceptors (Lipinski definition) is 4. The smallest absolute Gasteiger partial charge is 0.416 e. The lowest BCUT2D eigenvalue weighted by molar-refractivity contribution is -0.137. The van der Waals surface area contributed by atoms with Gasteiger partial charge in [-0.3, -0.25) is 9.59 Å². The third-order valence-electron chi connectivity index (χ3n) is 5.68. The van der Waals surface area contributed by atoms with E-state index in [-0.39, 0.29) is 23.7 Å². The molecule has 0 bridgehead atoms. The van der Waals surface area contributed by atoms with Gasteiger partial charge in [0, 0.05) is 22.6 Å². The van der Waals surface area contributed by atoms with Crippen molar-refractivity contribution in [1.29, 1.82) is 0 Å². The highest BCUT2D eigenvalue weighted by Crippen LogP contribution is 2.30. The first-order valence-corrected chi connectivity index (χ1v) is 12.6. The van der Waals surface area contributed by atoms with Crippen LogP contribution in [0.4, 0.5) is 30.2 Å². The second-order valence-electron chi connectivity index (χ2n) is 8.80. The van der Waals surface area contributed by atoms with Crippen molar-refractivity contribution in [3.05, 3.63) is 83.9 Å². The minimum Gasteiger partial charge on any atom is -0.494 e. The average Bonchev–Trinajstić information content (AvgIpc) is 2.90. The first-order valence-electron chi connectivity index (χ1n) is 12.6. The molecule has 0 atom stereocenters. The van der Waals surface area contributed by atoms with Crippen LogP contribution in [0.3, 0.4) is 0 Å². The van der Waals surface area contributed by atoms with Crippen molar-refractivity contribution in [3.63, 3.8) is 0 Å². The normalized spacial score (nSPS) is 11.1. The molecule has 0 unspecified atom stereocenters. The second-order valence-corrected chi connectivity index (χ2v) is 8.80. The zero-order valence-electron chi connectivity index (χ0n) is 21.2. The third-order valence-corrected chi connectivity index (χ3v) is 5.68. The lowest BCUT2D eigenvalue weighted by Crippen LogP contribution is -2.22. The Morgan fingerprint density at radius 2 is 1.50 bits per heavy atom. The van der Waals surface area contributed by atoms with Gasteiger partial charge in [-0.05, 0) is 67.1 Å². The molecule has 6 nitrogen and oxygen atoms in total. The molecule has 0 saturated heterocycles. The molecule has 3 N–H and O–H groups in total. The Labute approximate surface area is 220 Å². The van der Waals surface area contributed by atoms with Gasteiger partial charge >= 0.3 is 6.18 Å². The fourth-order valence-electron chi connectivity index (χ4n) is 3.66. The van der Waals surface area contributed by atoms with E-state index in [0.29, 0.717) is 18.0 Å². The second kappa shape index (κ2) is 14.1. The highest BCUT2D eigenvalue weighted by Gasteiger charge is 2.30. The number of amides is 2. The molecule has 202 valence electrons. The van der Waals surface area contributed by atoms with Crippen LogP contribution in [0.15, 0.2) is 72.8 Å². The van der Waals surface area contributed by atoms with Gasteiger partial charge in [-0.1, -0.05) is 44.7 Å². The van der Waals surface area contributed by atoms with E-state index in [2.05, 4.69) is 22.9 Å². The Balaban J connectivity index is 1.46. The summed E-state index contributed by atoms with van der Waals surface area (Å²) in [6.45, 7) is 2.80. The maximum absolute atomic E-state index is 12.9. The summed E-state index contributed by atoms with van der Waals surface area (Å²) < 4.78 is 44.5. The van der Waals surface area contributed by atoms with E-state index < -0.39 is 17.6 Å². The number of hydrogen-bond donors (Lipinski definition) is 3. The molecule has 3 rings (SSSR count). The predicted octanol–water partition coefficient (Wildman–Crippen LogP) is 7.36. The van der Waals surface area contributed by atoms with Gasteiger partial charge in [0.1, 0.15) is 5.75 Å². The summed E-state index contributed by atoms with van der Waals surface area (Å²) in [6.07, 6.45) is 1.33. The van der Waals surface area contributed by atoms with Crippen molar-refractivity contribution in [1.82, 2.24) is 0 Å². The largest absolute Gasteiger partial charge is 0.494 e. The summed E-state index contributed by atoms with van der Waals surface area (Å²) in [5.74, 6) is -0.106. The van der Waals surface area contributed by atoms with E-state index in [4.69, 9.17) is 4.74 Å². The number of ether oxygens (including phenoxy) is 1. The van der Waals surface area contributed by atoms with Crippen LogP contribution in [0.25, 0.3) is 0 Å². The average molecular weight is 528 g/mol. The molecule has 0 aliphatic rings. The van der Waals surface area contributed by atoms with Crippen LogP contribution < -0.4 is 20.7 Å². The topological polar surface area (TPSA) is 79.5 Å². The highest BCUT2D eigenvalue weighted by atomic mass is 19.4. The first-order chi connectivity index (χ1) is 18.2. The van der Waals surface area contributed by atoms with Crippen LogP contribution in [0, 0.1) is 0 Å². The molecule has 0 spiro atoms. The zero-order chi connectivity index (χ0) is 27.4. The van der Waals surface area contributed by atoms with Gasteiger partial charge in [0.05, 0.1) is 18.7 Å². The number of nitrogens with one attached hydrogen (secondary N) is 3. The van der Waals surface area contributed by atoms with Gasteiger partial charge in [-0.25, -0.2) is 0 Å². The van der Waals surface area contributed by atoms with Crippen molar-refractivity contribution in [2.75, 3.05) is 29.1 Å². The standard InChI is InChI=1S/C29H32F3N3O3/c1-2-3-4-5-6-17-38-26-15-13-23(14-16-26)34-27(36)20-33-24-11-7-9-21(18-24)28(37)35-25-12-8-10-22(19-25)29(30,31)32/h7-16,18-19,33H,2-6,17,20H2,1H3,(H,34,36)(H,35,37). The van der Waals surface area contributed by atoms with Crippen LogP contribution in [-0.4, -0.2) is 25.0 Å². The monoisotopic (exact) mass is 527 g/mol. The number of halogens is 3.